The zero-order chi connectivity index (χ0) is 6.20. The molecule has 0 aromatic rings. The van der Waals surface area contributed by atoms with Gasteiger partial charge in [-0.1, -0.05) is 0 Å². The topological polar surface area (TPSA) is 46.2 Å². The van der Waals surface area contributed by atoms with Gasteiger partial charge in [-0.15, -0.1) is 0 Å². The molecule has 0 heterocycles. The number of nitrogens with two attached hydrogens (primary N) is 1. The molecule has 1 saturated carbocycles. The van der Waals surface area contributed by atoms with E-state index in [-0.39, 0.29) is 6.04 Å². The molecule has 0 aliphatic heterocycles. The summed E-state index contributed by atoms with van der Waals surface area (Å²) in [5.41, 5.74) is 4.99. The van der Waals surface area contributed by atoms with Gasteiger partial charge in [0.1, 0.15) is 0 Å². The monoisotopic (exact) mass is 115 g/mol. The Hall–Kier alpha value is -0.0800. The van der Waals surface area contributed by atoms with E-state index in [0.29, 0.717) is 0 Å². The lowest BCUT2D eigenvalue weighted by molar-refractivity contribution is 0.0518. The fourth-order valence-corrected chi connectivity index (χ4v) is 1.18. The average Bonchev–Trinajstić information content (AvgIpc) is 1.86. The van der Waals surface area contributed by atoms with Gasteiger partial charge in [-0.3, -0.25) is 0 Å². The van der Waals surface area contributed by atoms with Crippen LogP contribution in [0.5, 0.6) is 0 Å². The normalized spacial score (nSPS) is 47.6. The van der Waals surface area contributed by atoms with Gasteiger partial charge in [0.25, 0.3) is 0 Å². The molecule has 0 saturated heterocycles. The second-order valence-electron chi connectivity index (χ2n) is 2.86. The summed E-state index contributed by atoms with van der Waals surface area (Å²) in [5, 5.41) is 9.34. The van der Waals surface area contributed by atoms with Crippen LogP contribution < -0.4 is 5.73 Å². The maximum Gasteiger partial charge on any atom is 0.0769 e. The minimum Gasteiger partial charge on any atom is -0.389 e. The van der Waals surface area contributed by atoms with Crippen molar-refractivity contribution in [3.8, 4) is 0 Å². The van der Waals surface area contributed by atoms with Crippen LogP contribution in [0, 0.1) is 0 Å². The van der Waals surface area contributed by atoms with Gasteiger partial charge in [-0.25, -0.2) is 0 Å². The summed E-state index contributed by atoms with van der Waals surface area (Å²) in [6.07, 6.45) is 2.93. The van der Waals surface area contributed by atoms with Gasteiger partial charge < -0.3 is 10.8 Å². The molecule has 0 aromatic heterocycles. The first-order valence-electron chi connectivity index (χ1n) is 3.11. The molecule has 2 nitrogen and oxygen atoms in total. The largest absolute Gasteiger partial charge is 0.389 e. The van der Waals surface area contributed by atoms with Crippen LogP contribution >= 0.6 is 0 Å². The van der Waals surface area contributed by atoms with Crippen LogP contribution in [0.25, 0.3) is 0 Å². The lowest BCUT2D eigenvalue weighted by Gasteiger charge is -2.20. The molecule has 0 aromatic carbocycles. The highest BCUT2D eigenvalue weighted by atomic mass is 16.3. The molecule has 1 aliphatic carbocycles. The Morgan fingerprint density at radius 3 is 2.50 bits per heavy atom. The zero-order valence-corrected chi connectivity index (χ0v) is 5.22. The molecule has 0 spiro atoms. The second-order valence-corrected chi connectivity index (χ2v) is 2.86. The van der Waals surface area contributed by atoms with Gasteiger partial charge in [0, 0.05) is 6.04 Å². The summed E-state index contributed by atoms with van der Waals surface area (Å²) in [6, 6.07) is 0.0162. The van der Waals surface area contributed by atoms with Crippen LogP contribution in [0.4, 0.5) is 0 Å². The fourth-order valence-electron chi connectivity index (χ4n) is 1.18. The fraction of sp³-hybridized carbons (Fsp3) is 1.00. The average molecular weight is 115 g/mol. The first-order chi connectivity index (χ1) is 3.63. The quantitative estimate of drug-likeness (QED) is 0.475. The molecular weight excluding hydrogens is 102 g/mol. The maximum atomic E-state index is 9.34. The van der Waals surface area contributed by atoms with Gasteiger partial charge >= 0.3 is 0 Å². The van der Waals surface area contributed by atoms with Gasteiger partial charge in [-0.2, -0.15) is 0 Å². The Labute approximate surface area is 49.7 Å². The summed E-state index contributed by atoms with van der Waals surface area (Å²) in [4.78, 5) is 0. The Kier molecular flexibility index (Phi) is 1.29. The Morgan fingerprint density at radius 2 is 2.38 bits per heavy atom. The van der Waals surface area contributed by atoms with Crippen molar-refractivity contribution < 1.29 is 5.11 Å². The van der Waals surface area contributed by atoms with Gasteiger partial charge in [0.15, 0.2) is 0 Å². The molecule has 1 unspecified atom stereocenters. The van der Waals surface area contributed by atoms with E-state index in [1.807, 2.05) is 6.92 Å². The molecular formula is C6H13NO. The molecule has 1 rings (SSSR count). The van der Waals surface area contributed by atoms with Gasteiger partial charge in [0.05, 0.1) is 5.60 Å². The molecule has 48 valence electrons. The lowest BCUT2D eigenvalue weighted by Crippen LogP contribution is -2.40. The summed E-state index contributed by atoms with van der Waals surface area (Å²) in [5.74, 6) is 0. The van der Waals surface area contributed by atoms with Crippen molar-refractivity contribution in [2.45, 2.75) is 37.8 Å². The second kappa shape index (κ2) is 1.71. The molecule has 2 atom stereocenters. The van der Waals surface area contributed by atoms with Crippen molar-refractivity contribution in [2.24, 2.45) is 5.73 Å². The SMILES string of the molecule is CC1(O)CCC[C@@H]1N. The van der Waals surface area contributed by atoms with Crippen molar-refractivity contribution in [1.29, 1.82) is 0 Å². The van der Waals surface area contributed by atoms with E-state index in [0.717, 1.165) is 19.3 Å². The predicted octanol–water partition coefficient (Wildman–Crippen LogP) is 0.249. The summed E-state index contributed by atoms with van der Waals surface area (Å²) in [7, 11) is 0. The molecule has 0 radical (unpaired) electrons. The number of aliphatic hydroxyl groups is 1. The van der Waals surface area contributed by atoms with Crippen LogP contribution in [0.2, 0.25) is 0 Å². The van der Waals surface area contributed by atoms with E-state index in [9.17, 15) is 5.11 Å². The van der Waals surface area contributed by atoms with E-state index in [2.05, 4.69) is 0 Å². The van der Waals surface area contributed by atoms with E-state index in [4.69, 9.17) is 5.73 Å². The maximum absolute atomic E-state index is 9.34. The Morgan fingerprint density at radius 1 is 1.75 bits per heavy atom. The lowest BCUT2D eigenvalue weighted by atomic mass is 10.0. The minimum atomic E-state index is -0.569. The number of rotatable bonds is 0. The zero-order valence-electron chi connectivity index (χ0n) is 5.22. The van der Waals surface area contributed by atoms with Crippen LogP contribution in [-0.2, 0) is 0 Å². The first-order valence-corrected chi connectivity index (χ1v) is 3.11. The van der Waals surface area contributed by atoms with Crippen molar-refractivity contribution in [1.82, 2.24) is 0 Å². The minimum absolute atomic E-state index is 0.0162. The molecule has 8 heavy (non-hydrogen) atoms. The highest BCUT2D eigenvalue weighted by Crippen LogP contribution is 2.27. The van der Waals surface area contributed by atoms with Crippen molar-refractivity contribution >= 4 is 0 Å². The third-order valence-corrected chi connectivity index (χ3v) is 2.00. The highest BCUT2D eigenvalue weighted by Gasteiger charge is 2.33. The van der Waals surface area contributed by atoms with Crippen molar-refractivity contribution in [2.75, 3.05) is 0 Å². The molecule has 0 amide bonds. The van der Waals surface area contributed by atoms with Gasteiger partial charge in [-0.05, 0) is 26.2 Å². The Balaban J connectivity index is 2.54. The summed E-state index contributed by atoms with van der Waals surface area (Å²) < 4.78 is 0. The summed E-state index contributed by atoms with van der Waals surface area (Å²) in [6.45, 7) is 1.81. The molecule has 1 aliphatic rings. The number of hydrogen-bond donors (Lipinski definition) is 2. The van der Waals surface area contributed by atoms with E-state index < -0.39 is 5.60 Å². The summed E-state index contributed by atoms with van der Waals surface area (Å²) >= 11 is 0. The van der Waals surface area contributed by atoms with Crippen LogP contribution in [0.15, 0.2) is 0 Å². The number of hydrogen-bond acceptors (Lipinski definition) is 2. The predicted molar refractivity (Wildman–Crippen MR) is 32.5 cm³/mol. The standard InChI is InChI=1S/C6H13NO/c1-6(8)4-2-3-5(6)7/h5,8H,2-4,7H2,1H3/t5-,6?/m0/s1. The third-order valence-electron chi connectivity index (χ3n) is 2.00. The smallest absolute Gasteiger partial charge is 0.0769 e. The molecule has 3 N–H and O–H groups in total. The molecule has 0 bridgehead atoms. The van der Waals surface area contributed by atoms with Gasteiger partial charge in [0.2, 0.25) is 0 Å². The van der Waals surface area contributed by atoms with Crippen LogP contribution in [0.1, 0.15) is 26.2 Å². The third kappa shape index (κ3) is 0.858. The van der Waals surface area contributed by atoms with Crippen LogP contribution in [0.3, 0.4) is 0 Å². The highest BCUT2D eigenvalue weighted by molar-refractivity contribution is 4.90. The molecule has 1 fully saturated rings. The van der Waals surface area contributed by atoms with Crippen LogP contribution in [-0.4, -0.2) is 16.7 Å². The Bertz CT molecular complexity index is 90.5. The molecule has 2 heteroatoms. The first kappa shape index (κ1) is 6.05. The van der Waals surface area contributed by atoms with E-state index in [1.54, 1.807) is 0 Å². The van der Waals surface area contributed by atoms with Crippen molar-refractivity contribution in [3.63, 3.8) is 0 Å². The van der Waals surface area contributed by atoms with E-state index in [1.165, 1.54) is 0 Å². The van der Waals surface area contributed by atoms with E-state index >= 15 is 0 Å². The van der Waals surface area contributed by atoms with Crippen molar-refractivity contribution in [3.05, 3.63) is 0 Å².